The Morgan fingerprint density at radius 3 is 2.68 bits per heavy atom. The van der Waals surface area contributed by atoms with Crippen molar-refractivity contribution in [3.8, 4) is 11.3 Å². The average Bonchev–Trinajstić information content (AvgIpc) is 2.90. The number of carbonyl (C=O) groups is 1. The molecule has 1 aromatic carbocycles. The molecule has 0 fully saturated rings. The van der Waals surface area contributed by atoms with Crippen molar-refractivity contribution in [2.45, 2.75) is 27.7 Å². The minimum atomic E-state index is -0.595. The molecule has 0 spiro atoms. The zero-order chi connectivity index (χ0) is 18.3. The molecule has 25 heavy (non-hydrogen) atoms. The topological polar surface area (TPSA) is 76.5 Å². The molecule has 6 nitrogen and oxygen atoms in total. The highest BCUT2D eigenvalue weighted by atomic mass is 19.1. The molecule has 0 radical (unpaired) electrons. The smallest absolute Gasteiger partial charge is 0.359 e. The van der Waals surface area contributed by atoms with Crippen LogP contribution in [-0.4, -0.2) is 27.2 Å². The van der Waals surface area contributed by atoms with Crippen LogP contribution in [0.15, 0.2) is 23.1 Å². The fourth-order valence-electron chi connectivity index (χ4n) is 2.74. The number of aromatic nitrogens is 3. The molecule has 2 aromatic heterocycles. The normalized spacial score (nSPS) is 11.1. The van der Waals surface area contributed by atoms with E-state index in [-0.39, 0.29) is 29.1 Å². The Morgan fingerprint density at radius 2 is 2.00 bits per heavy atom. The predicted octanol–water partition coefficient (Wildman–Crippen LogP) is 2.93. The standard InChI is InChI=1S/C18H18FN3O3/c1-5-25-18(24)15-11(4)16-17(23)20-13(8-22(16)21-15)12-7-6-9(2)10(3)14(12)19/h6-8H,5H2,1-4H3,(H,20,23). The zero-order valence-electron chi connectivity index (χ0n) is 14.4. The third kappa shape index (κ3) is 2.71. The van der Waals surface area contributed by atoms with E-state index in [1.807, 2.05) is 6.92 Å². The average molecular weight is 343 g/mol. The van der Waals surface area contributed by atoms with Gasteiger partial charge < -0.3 is 9.72 Å². The summed E-state index contributed by atoms with van der Waals surface area (Å²) in [6.07, 6.45) is 1.50. The van der Waals surface area contributed by atoms with Gasteiger partial charge in [0, 0.05) is 11.1 Å². The summed E-state index contributed by atoms with van der Waals surface area (Å²) in [6.45, 7) is 7.02. The zero-order valence-corrected chi connectivity index (χ0v) is 14.4. The first-order valence-corrected chi connectivity index (χ1v) is 7.90. The van der Waals surface area contributed by atoms with E-state index in [9.17, 15) is 14.0 Å². The Hall–Kier alpha value is -2.96. The fraction of sp³-hybridized carbons (Fsp3) is 0.278. The van der Waals surface area contributed by atoms with Crippen molar-refractivity contribution in [2.75, 3.05) is 6.61 Å². The van der Waals surface area contributed by atoms with Gasteiger partial charge in [0.1, 0.15) is 11.3 Å². The first-order chi connectivity index (χ1) is 11.8. The van der Waals surface area contributed by atoms with Crippen molar-refractivity contribution >= 4 is 11.5 Å². The van der Waals surface area contributed by atoms with Crippen molar-refractivity contribution in [1.29, 1.82) is 0 Å². The van der Waals surface area contributed by atoms with Crippen LogP contribution in [0.5, 0.6) is 0 Å². The van der Waals surface area contributed by atoms with E-state index in [4.69, 9.17) is 4.74 Å². The molecule has 3 rings (SSSR count). The number of aromatic amines is 1. The van der Waals surface area contributed by atoms with Gasteiger partial charge in [-0.1, -0.05) is 6.07 Å². The number of ether oxygens (including phenoxy) is 1. The predicted molar refractivity (Wildman–Crippen MR) is 91.4 cm³/mol. The highest BCUT2D eigenvalue weighted by Crippen LogP contribution is 2.25. The summed E-state index contributed by atoms with van der Waals surface area (Å²) in [6, 6.07) is 3.39. The van der Waals surface area contributed by atoms with Gasteiger partial charge in [-0.2, -0.15) is 5.10 Å². The Labute approximate surface area is 143 Å². The van der Waals surface area contributed by atoms with Crippen LogP contribution in [0.25, 0.3) is 16.8 Å². The van der Waals surface area contributed by atoms with Gasteiger partial charge in [-0.15, -0.1) is 0 Å². The Morgan fingerprint density at radius 1 is 1.28 bits per heavy atom. The van der Waals surface area contributed by atoms with Crippen LogP contribution >= 0.6 is 0 Å². The summed E-state index contributed by atoms with van der Waals surface area (Å²) in [5.41, 5.74) is 2.18. The number of nitrogens with zero attached hydrogens (tertiary/aromatic N) is 2. The minimum absolute atomic E-state index is 0.0741. The molecular weight excluding hydrogens is 325 g/mol. The van der Waals surface area contributed by atoms with Crippen molar-refractivity contribution in [3.63, 3.8) is 0 Å². The Kier molecular flexibility index (Phi) is 4.16. The molecule has 0 aliphatic heterocycles. The van der Waals surface area contributed by atoms with Gasteiger partial charge in [0.25, 0.3) is 5.56 Å². The minimum Gasteiger partial charge on any atom is -0.461 e. The number of carbonyl (C=O) groups excluding carboxylic acids is 1. The highest BCUT2D eigenvalue weighted by molar-refractivity contribution is 5.91. The van der Waals surface area contributed by atoms with E-state index < -0.39 is 17.3 Å². The van der Waals surface area contributed by atoms with Crippen LogP contribution in [0, 0.1) is 26.6 Å². The van der Waals surface area contributed by atoms with Gasteiger partial charge in [-0.25, -0.2) is 13.7 Å². The summed E-state index contributed by atoms with van der Waals surface area (Å²) in [7, 11) is 0. The van der Waals surface area contributed by atoms with Gasteiger partial charge in [0.2, 0.25) is 0 Å². The number of hydrogen-bond acceptors (Lipinski definition) is 4. The molecule has 0 bridgehead atoms. The van der Waals surface area contributed by atoms with E-state index >= 15 is 0 Å². The molecule has 0 unspecified atom stereocenters. The molecular formula is C18H18FN3O3. The molecule has 0 atom stereocenters. The van der Waals surface area contributed by atoms with Crippen molar-refractivity contribution in [2.24, 2.45) is 0 Å². The molecule has 130 valence electrons. The second-order valence-electron chi connectivity index (χ2n) is 5.85. The maximum atomic E-state index is 14.6. The van der Waals surface area contributed by atoms with Crippen LogP contribution in [0.3, 0.4) is 0 Å². The molecule has 0 saturated carbocycles. The third-order valence-electron chi connectivity index (χ3n) is 4.28. The third-order valence-corrected chi connectivity index (χ3v) is 4.28. The lowest BCUT2D eigenvalue weighted by Crippen LogP contribution is -2.12. The van der Waals surface area contributed by atoms with Crippen molar-refractivity contribution in [1.82, 2.24) is 14.6 Å². The summed E-state index contributed by atoms with van der Waals surface area (Å²) < 4.78 is 20.8. The van der Waals surface area contributed by atoms with Gasteiger partial charge >= 0.3 is 5.97 Å². The van der Waals surface area contributed by atoms with Crippen LogP contribution in [0.4, 0.5) is 4.39 Å². The number of fused-ring (bicyclic) bond motifs is 1. The molecule has 0 saturated heterocycles. The lowest BCUT2D eigenvalue weighted by molar-refractivity contribution is 0.0518. The van der Waals surface area contributed by atoms with Gasteiger partial charge in [-0.3, -0.25) is 4.79 Å². The highest BCUT2D eigenvalue weighted by Gasteiger charge is 2.20. The monoisotopic (exact) mass is 343 g/mol. The first kappa shape index (κ1) is 16.9. The van der Waals surface area contributed by atoms with E-state index in [0.717, 1.165) is 5.56 Å². The quantitative estimate of drug-likeness (QED) is 0.742. The number of benzene rings is 1. The van der Waals surface area contributed by atoms with Crippen LogP contribution in [0.1, 0.15) is 34.1 Å². The van der Waals surface area contributed by atoms with Crippen LogP contribution in [-0.2, 0) is 4.74 Å². The SMILES string of the molecule is CCOC(=O)c1nn2cc(-c3ccc(C)c(C)c3F)[nH]c(=O)c2c1C. The van der Waals surface area contributed by atoms with Crippen molar-refractivity contribution in [3.05, 3.63) is 56.9 Å². The van der Waals surface area contributed by atoms with E-state index in [1.54, 1.807) is 32.9 Å². The van der Waals surface area contributed by atoms with E-state index in [0.29, 0.717) is 11.1 Å². The number of aryl methyl sites for hydroxylation is 2. The lowest BCUT2D eigenvalue weighted by atomic mass is 10.0. The van der Waals surface area contributed by atoms with Gasteiger partial charge in [-0.05, 0) is 44.9 Å². The first-order valence-electron chi connectivity index (χ1n) is 7.90. The molecule has 2 heterocycles. The molecule has 0 aliphatic carbocycles. The number of nitrogens with one attached hydrogen (secondary N) is 1. The summed E-state index contributed by atoms with van der Waals surface area (Å²) in [4.78, 5) is 27.1. The van der Waals surface area contributed by atoms with Gasteiger partial charge in [0.15, 0.2) is 5.69 Å². The summed E-state index contributed by atoms with van der Waals surface area (Å²) in [5.74, 6) is -0.994. The summed E-state index contributed by atoms with van der Waals surface area (Å²) >= 11 is 0. The molecule has 1 N–H and O–H groups in total. The lowest BCUT2D eigenvalue weighted by Gasteiger charge is -2.08. The van der Waals surface area contributed by atoms with E-state index in [2.05, 4.69) is 10.1 Å². The van der Waals surface area contributed by atoms with Crippen LogP contribution in [0.2, 0.25) is 0 Å². The fourth-order valence-corrected chi connectivity index (χ4v) is 2.74. The van der Waals surface area contributed by atoms with Crippen molar-refractivity contribution < 1.29 is 13.9 Å². The molecule has 3 aromatic rings. The molecule has 0 amide bonds. The van der Waals surface area contributed by atoms with Crippen LogP contribution < -0.4 is 5.56 Å². The summed E-state index contributed by atoms with van der Waals surface area (Å²) in [5, 5.41) is 4.15. The molecule has 7 heteroatoms. The number of halogens is 1. The number of esters is 1. The van der Waals surface area contributed by atoms with E-state index in [1.165, 1.54) is 10.7 Å². The maximum Gasteiger partial charge on any atom is 0.359 e. The largest absolute Gasteiger partial charge is 0.461 e. The second kappa shape index (κ2) is 6.16. The maximum absolute atomic E-state index is 14.6. The van der Waals surface area contributed by atoms with Gasteiger partial charge in [0.05, 0.1) is 18.5 Å². The number of hydrogen-bond donors (Lipinski definition) is 1. The second-order valence-corrected chi connectivity index (χ2v) is 5.85. The Bertz CT molecular complexity index is 1050. The molecule has 0 aliphatic rings. The number of H-pyrrole nitrogens is 1. The number of rotatable bonds is 3. The Balaban J connectivity index is 2.23.